The van der Waals surface area contributed by atoms with E-state index in [1.165, 1.54) is 13.2 Å². The average Bonchev–Trinajstić information content (AvgIpc) is 2.08. The van der Waals surface area contributed by atoms with Gasteiger partial charge in [-0.25, -0.2) is 8.78 Å². The summed E-state index contributed by atoms with van der Waals surface area (Å²) < 4.78 is 29.7. The molecule has 0 saturated carbocycles. The molecule has 0 bridgehead atoms. The van der Waals surface area contributed by atoms with Crippen LogP contribution in [0, 0.1) is 11.6 Å². The first-order valence-corrected chi connectivity index (χ1v) is 3.38. The summed E-state index contributed by atoms with van der Waals surface area (Å²) in [5, 5.41) is 0. The van der Waals surface area contributed by atoms with Gasteiger partial charge in [0.2, 0.25) is 0 Å². The van der Waals surface area contributed by atoms with Crippen LogP contribution in [0.1, 0.15) is 11.8 Å². The highest BCUT2D eigenvalue weighted by atomic mass is 19.2. The van der Waals surface area contributed by atoms with E-state index in [1.807, 2.05) is 0 Å². The number of ether oxygens (including phenoxy) is 1. The van der Waals surface area contributed by atoms with Crippen molar-refractivity contribution in [3.8, 4) is 0 Å². The molecular weight excluding hydrogens is 164 g/mol. The van der Waals surface area contributed by atoms with Crippen molar-refractivity contribution in [2.45, 2.75) is 6.23 Å². The van der Waals surface area contributed by atoms with Crippen molar-refractivity contribution in [1.82, 2.24) is 0 Å². The van der Waals surface area contributed by atoms with Crippen LogP contribution in [0.4, 0.5) is 8.78 Å². The number of rotatable bonds is 2. The van der Waals surface area contributed by atoms with E-state index in [9.17, 15) is 8.78 Å². The molecule has 4 heteroatoms. The van der Waals surface area contributed by atoms with E-state index in [1.54, 1.807) is 0 Å². The number of methoxy groups -OCH3 is 1. The number of hydrogen-bond donors (Lipinski definition) is 1. The lowest BCUT2D eigenvalue weighted by Crippen LogP contribution is -2.12. The zero-order valence-corrected chi connectivity index (χ0v) is 6.55. The maximum absolute atomic E-state index is 12.6. The molecule has 1 unspecified atom stereocenters. The molecule has 0 aliphatic rings. The highest BCUT2D eigenvalue weighted by Gasteiger charge is 2.07. The van der Waals surface area contributed by atoms with Crippen LogP contribution in [0.3, 0.4) is 0 Å². The fourth-order valence-corrected chi connectivity index (χ4v) is 0.825. The van der Waals surface area contributed by atoms with E-state index in [-0.39, 0.29) is 0 Å². The van der Waals surface area contributed by atoms with Gasteiger partial charge in [-0.3, -0.25) is 0 Å². The SMILES string of the molecule is COC(N)c1ccc(F)c(F)c1. The molecule has 0 amide bonds. The molecule has 1 aromatic rings. The van der Waals surface area contributed by atoms with Gasteiger partial charge in [0.05, 0.1) is 0 Å². The standard InChI is InChI=1S/C8H9F2NO/c1-12-8(11)5-2-3-6(9)7(10)4-5/h2-4,8H,11H2,1H3. The Morgan fingerprint density at radius 3 is 2.50 bits per heavy atom. The molecule has 0 fully saturated rings. The van der Waals surface area contributed by atoms with Gasteiger partial charge >= 0.3 is 0 Å². The minimum absolute atomic E-state index is 0.413. The van der Waals surface area contributed by atoms with Crippen molar-refractivity contribution in [3.05, 3.63) is 35.4 Å². The first-order chi connectivity index (χ1) is 5.65. The number of benzene rings is 1. The number of hydrogen-bond acceptors (Lipinski definition) is 2. The average molecular weight is 173 g/mol. The minimum Gasteiger partial charge on any atom is -0.363 e. The second-order valence-electron chi connectivity index (χ2n) is 2.33. The highest BCUT2D eigenvalue weighted by molar-refractivity contribution is 5.19. The van der Waals surface area contributed by atoms with E-state index < -0.39 is 17.9 Å². The summed E-state index contributed by atoms with van der Waals surface area (Å²) in [6.45, 7) is 0. The fourth-order valence-electron chi connectivity index (χ4n) is 0.825. The molecule has 0 radical (unpaired) electrons. The van der Waals surface area contributed by atoms with Gasteiger partial charge in [-0.2, -0.15) is 0 Å². The summed E-state index contributed by atoms with van der Waals surface area (Å²) in [5.41, 5.74) is 5.82. The topological polar surface area (TPSA) is 35.2 Å². The zero-order valence-electron chi connectivity index (χ0n) is 6.55. The highest BCUT2D eigenvalue weighted by Crippen LogP contribution is 2.14. The monoisotopic (exact) mass is 173 g/mol. The van der Waals surface area contributed by atoms with E-state index in [0.717, 1.165) is 12.1 Å². The second kappa shape index (κ2) is 3.60. The molecule has 1 atom stereocenters. The molecule has 0 heterocycles. The third-order valence-electron chi connectivity index (χ3n) is 1.53. The molecule has 12 heavy (non-hydrogen) atoms. The number of halogens is 2. The maximum atomic E-state index is 12.6. The normalized spacial score (nSPS) is 13.0. The molecule has 2 nitrogen and oxygen atoms in total. The molecule has 0 spiro atoms. The van der Waals surface area contributed by atoms with Gasteiger partial charge in [-0.15, -0.1) is 0 Å². The van der Waals surface area contributed by atoms with Gasteiger partial charge < -0.3 is 10.5 Å². The summed E-state index contributed by atoms with van der Waals surface area (Å²) >= 11 is 0. The molecule has 0 saturated heterocycles. The summed E-state index contributed by atoms with van der Waals surface area (Å²) in [7, 11) is 1.39. The summed E-state index contributed by atoms with van der Waals surface area (Å²) in [4.78, 5) is 0. The van der Waals surface area contributed by atoms with Gasteiger partial charge in [0.25, 0.3) is 0 Å². The van der Waals surface area contributed by atoms with Crippen LogP contribution in [-0.2, 0) is 4.74 Å². The fraction of sp³-hybridized carbons (Fsp3) is 0.250. The van der Waals surface area contributed by atoms with Crippen molar-refractivity contribution in [3.63, 3.8) is 0 Å². The van der Waals surface area contributed by atoms with Crippen LogP contribution >= 0.6 is 0 Å². The van der Waals surface area contributed by atoms with Crippen LogP contribution in [0.25, 0.3) is 0 Å². The van der Waals surface area contributed by atoms with Gasteiger partial charge in [-0.05, 0) is 17.7 Å². The van der Waals surface area contributed by atoms with E-state index in [2.05, 4.69) is 0 Å². The quantitative estimate of drug-likeness (QED) is 0.689. The molecule has 66 valence electrons. The smallest absolute Gasteiger partial charge is 0.159 e. The Kier molecular flexibility index (Phi) is 2.73. The predicted molar refractivity (Wildman–Crippen MR) is 40.3 cm³/mol. The Morgan fingerprint density at radius 1 is 1.33 bits per heavy atom. The predicted octanol–water partition coefficient (Wildman–Crippen LogP) is 1.57. The third kappa shape index (κ3) is 1.78. The van der Waals surface area contributed by atoms with Crippen LogP contribution < -0.4 is 5.73 Å². The molecule has 0 aromatic heterocycles. The Morgan fingerprint density at radius 2 is 2.00 bits per heavy atom. The van der Waals surface area contributed by atoms with Crippen molar-refractivity contribution in [1.29, 1.82) is 0 Å². The van der Waals surface area contributed by atoms with Crippen LogP contribution in [0.15, 0.2) is 18.2 Å². The Balaban J connectivity index is 2.96. The molecule has 0 aliphatic heterocycles. The van der Waals surface area contributed by atoms with Gasteiger partial charge in [0, 0.05) is 7.11 Å². The summed E-state index contributed by atoms with van der Waals surface area (Å²) in [6.07, 6.45) is -0.708. The lowest BCUT2D eigenvalue weighted by molar-refractivity contribution is 0.109. The maximum Gasteiger partial charge on any atom is 0.159 e. The third-order valence-corrected chi connectivity index (χ3v) is 1.53. The molecule has 2 N–H and O–H groups in total. The second-order valence-corrected chi connectivity index (χ2v) is 2.33. The first-order valence-electron chi connectivity index (χ1n) is 3.38. The number of nitrogens with two attached hydrogens (primary N) is 1. The summed E-state index contributed by atoms with van der Waals surface area (Å²) in [5.74, 6) is -1.80. The van der Waals surface area contributed by atoms with Gasteiger partial charge in [0.15, 0.2) is 11.6 Å². The Hall–Kier alpha value is -1.00. The molecule has 1 rings (SSSR count). The van der Waals surface area contributed by atoms with Crippen LogP contribution in [0.2, 0.25) is 0 Å². The van der Waals surface area contributed by atoms with Crippen molar-refractivity contribution in [2.24, 2.45) is 5.73 Å². The van der Waals surface area contributed by atoms with Gasteiger partial charge in [-0.1, -0.05) is 6.07 Å². The molecular formula is C8H9F2NO. The lowest BCUT2D eigenvalue weighted by atomic mass is 10.2. The van der Waals surface area contributed by atoms with Crippen LogP contribution in [0.5, 0.6) is 0 Å². The van der Waals surface area contributed by atoms with Crippen molar-refractivity contribution >= 4 is 0 Å². The summed E-state index contributed by atoms with van der Waals surface area (Å²) in [6, 6.07) is 3.42. The van der Waals surface area contributed by atoms with Gasteiger partial charge in [0.1, 0.15) is 6.23 Å². The van der Waals surface area contributed by atoms with Crippen LogP contribution in [-0.4, -0.2) is 7.11 Å². The van der Waals surface area contributed by atoms with E-state index >= 15 is 0 Å². The first kappa shape index (κ1) is 9.09. The minimum atomic E-state index is -0.917. The molecule has 0 aliphatic carbocycles. The Bertz CT molecular complexity index is 278. The Labute approximate surface area is 68.9 Å². The van der Waals surface area contributed by atoms with Crippen molar-refractivity contribution < 1.29 is 13.5 Å². The molecule has 1 aromatic carbocycles. The van der Waals surface area contributed by atoms with E-state index in [4.69, 9.17) is 10.5 Å². The van der Waals surface area contributed by atoms with Crippen molar-refractivity contribution in [2.75, 3.05) is 7.11 Å². The zero-order chi connectivity index (χ0) is 9.14. The largest absolute Gasteiger partial charge is 0.363 e. The van der Waals surface area contributed by atoms with E-state index in [0.29, 0.717) is 5.56 Å². The lowest BCUT2D eigenvalue weighted by Gasteiger charge is -2.09.